The molecule has 0 aliphatic heterocycles. The van der Waals surface area contributed by atoms with Crippen molar-refractivity contribution in [2.45, 2.75) is 13.8 Å². The zero-order valence-corrected chi connectivity index (χ0v) is 8.04. The Labute approximate surface area is 78.7 Å². The number of phenols is 1. The van der Waals surface area contributed by atoms with Crippen LogP contribution in [0.3, 0.4) is 0 Å². The predicted molar refractivity (Wildman–Crippen MR) is 55.7 cm³/mol. The van der Waals surface area contributed by atoms with E-state index in [1.807, 2.05) is 26.0 Å². The average Bonchev–Trinajstić information content (AvgIpc) is 2.02. The van der Waals surface area contributed by atoms with Crippen LogP contribution >= 0.6 is 0 Å². The SMILES string of the molecule is Cc1cc(O)cc(C)c1C=CCN. The van der Waals surface area contributed by atoms with E-state index in [1.54, 1.807) is 12.1 Å². The maximum absolute atomic E-state index is 9.29. The molecule has 0 heterocycles. The first-order valence-corrected chi connectivity index (χ1v) is 4.32. The standard InChI is InChI=1S/C11H15NO/c1-8-6-10(13)7-9(2)11(8)4-3-5-12/h3-4,6-7,13H,5,12H2,1-2H3. The lowest BCUT2D eigenvalue weighted by Crippen LogP contribution is -1.93. The Bertz CT molecular complexity index is 306. The van der Waals surface area contributed by atoms with E-state index in [2.05, 4.69) is 0 Å². The first-order chi connectivity index (χ1) is 6.15. The fourth-order valence-corrected chi connectivity index (χ4v) is 1.40. The van der Waals surface area contributed by atoms with Gasteiger partial charge in [0.15, 0.2) is 0 Å². The predicted octanol–water partition coefficient (Wildman–Crippen LogP) is 1.98. The maximum Gasteiger partial charge on any atom is 0.116 e. The van der Waals surface area contributed by atoms with Gasteiger partial charge in [-0.2, -0.15) is 0 Å². The third-order valence-corrected chi connectivity index (χ3v) is 2.00. The summed E-state index contributed by atoms with van der Waals surface area (Å²) in [5.74, 6) is 0.319. The number of phenolic OH excluding ortho intramolecular Hbond substituents is 1. The molecule has 0 aliphatic carbocycles. The summed E-state index contributed by atoms with van der Waals surface area (Å²) in [7, 11) is 0. The Morgan fingerprint density at radius 1 is 1.31 bits per heavy atom. The molecule has 0 radical (unpaired) electrons. The van der Waals surface area contributed by atoms with Crippen LogP contribution in [0.15, 0.2) is 18.2 Å². The highest BCUT2D eigenvalue weighted by molar-refractivity contribution is 5.59. The van der Waals surface area contributed by atoms with E-state index in [9.17, 15) is 5.11 Å². The number of benzene rings is 1. The van der Waals surface area contributed by atoms with Gasteiger partial charge in [-0.25, -0.2) is 0 Å². The molecule has 2 heteroatoms. The Balaban J connectivity index is 3.13. The zero-order valence-electron chi connectivity index (χ0n) is 8.04. The normalized spacial score (nSPS) is 11.0. The molecule has 0 saturated carbocycles. The summed E-state index contributed by atoms with van der Waals surface area (Å²) in [6, 6.07) is 3.51. The fraction of sp³-hybridized carbons (Fsp3) is 0.273. The zero-order chi connectivity index (χ0) is 9.84. The number of aryl methyl sites for hydroxylation is 2. The molecule has 0 bridgehead atoms. The number of hydrogen-bond donors (Lipinski definition) is 2. The molecule has 0 atom stereocenters. The molecule has 0 unspecified atom stereocenters. The van der Waals surface area contributed by atoms with Crippen molar-refractivity contribution in [2.75, 3.05) is 6.54 Å². The van der Waals surface area contributed by atoms with Gasteiger partial charge in [0.25, 0.3) is 0 Å². The van der Waals surface area contributed by atoms with Crippen LogP contribution in [0, 0.1) is 13.8 Å². The minimum Gasteiger partial charge on any atom is -0.508 e. The molecule has 0 amide bonds. The summed E-state index contributed by atoms with van der Waals surface area (Å²) in [6.45, 7) is 4.49. The van der Waals surface area contributed by atoms with Crippen molar-refractivity contribution in [3.05, 3.63) is 34.9 Å². The van der Waals surface area contributed by atoms with Gasteiger partial charge >= 0.3 is 0 Å². The molecule has 0 spiro atoms. The monoisotopic (exact) mass is 177 g/mol. The summed E-state index contributed by atoms with van der Waals surface area (Å²) in [5, 5.41) is 9.29. The lowest BCUT2D eigenvalue weighted by molar-refractivity contribution is 0.474. The van der Waals surface area contributed by atoms with E-state index in [0.717, 1.165) is 16.7 Å². The maximum atomic E-state index is 9.29. The van der Waals surface area contributed by atoms with Crippen LogP contribution in [0.2, 0.25) is 0 Å². The molecular weight excluding hydrogens is 162 g/mol. The number of aromatic hydroxyl groups is 1. The smallest absolute Gasteiger partial charge is 0.116 e. The van der Waals surface area contributed by atoms with Crippen LogP contribution in [0.5, 0.6) is 5.75 Å². The molecule has 13 heavy (non-hydrogen) atoms. The largest absolute Gasteiger partial charge is 0.508 e. The van der Waals surface area contributed by atoms with Gasteiger partial charge in [-0.1, -0.05) is 12.2 Å². The molecule has 1 aromatic carbocycles. The third kappa shape index (κ3) is 2.33. The lowest BCUT2D eigenvalue weighted by atomic mass is 10.0. The lowest BCUT2D eigenvalue weighted by Gasteiger charge is -2.05. The van der Waals surface area contributed by atoms with E-state index in [-0.39, 0.29) is 0 Å². The second-order valence-corrected chi connectivity index (χ2v) is 3.13. The molecule has 1 rings (SSSR count). The van der Waals surface area contributed by atoms with Crippen LogP contribution in [0.25, 0.3) is 6.08 Å². The van der Waals surface area contributed by atoms with Gasteiger partial charge in [0.2, 0.25) is 0 Å². The number of rotatable bonds is 2. The van der Waals surface area contributed by atoms with Gasteiger partial charge in [-0.05, 0) is 42.7 Å². The van der Waals surface area contributed by atoms with Gasteiger partial charge in [0, 0.05) is 6.54 Å². The first-order valence-electron chi connectivity index (χ1n) is 4.32. The van der Waals surface area contributed by atoms with E-state index in [4.69, 9.17) is 5.73 Å². The van der Waals surface area contributed by atoms with Crippen molar-refractivity contribution < 1.29 is 5.11 Å². The first kappa shape index (κ1) is 9.81. The molecule has 0 aromatic heterocycles. The highest BCUT2D eigenvalue weighted by Gasteiger charge is 2.00. The molecule has 0 saturated heterocycles. The second-order valence-electron chi connectivity index (χ2n) is 3.13. The quantitative estimate of drug-likeness (QED) is 0.725. The van der Waals surface area contributed by atoms with Gasteiger partial charge in [-0.3, -0.25) is 0 Å². The number of nitrogens with two attached hydrogens (primary N) is 1. The van der Waals surface area contributed by atoms with Crippen molar-refractivity contribution >= 4 is 6.08 Å². The fourth-order valence-electron chi connectivity index (χ4n) is 1.40. The molecule has 0 fully saturated rings. The third-order valence-electron chi connectivity index (χ3n) is 2.00. The van der Waals surface area contributed by atoms with E-state index < -0.39 is 0 Å². The van der Waals surface area contributed by atoms with Crippen LogP contribution in [-0.4, -0.2) is 11.7 Å². The summed E-state index contributed by atoms with van der Waals surface area (Å²) in [5.41, 5.74) is 8.66. The van der Waals surface area contributed by atoms with Gasteiger partial charge in [0.05, 0.1) is 0 Å². The van der Waals surface area contributed by atoms with Crippen molar-refractivity contribution in [2.24, 2.45) is 5.73 Å². The molecule has 1 aromatic rings. The summed E-state index contributed by atoms with van der Waals surface area (Å²) >= 11 is 0. The van der Waals surface area contributed by atoms with Crippen molar-refractivity contribution in [3.8, 4) is 5.75 Å². The summed E-state index contributed by atoms with van der Waals surface area (Å²) < 4.78 is 0. The Kier molecular flexibility index (Phi) is 3.09. The molecule has 3 N–H and O–H groups in total. The summed E-state index contributed by atoms with van der Waals surface area (Å²) in [4.78, 5) is 0. The van der Waals surface area contributed by atoms with Crippen molar-refractivity contribution in [3.63, 3.8) is 0 Å². The molecule has 2 nitrogen and oxygen atoms in total. The van der Waals surface area contributed by atoms with Crippen LogP contribution in [0.1, 0.15) is 16.7 Å². The van der Waals surface area contributed by atoms with E-state index in [1.165, 1.54) is 0 Å². The summed E-state index contributed by atoms with van der Waals surface area (Å²) in [6.07, 6.45) is 3.90. The van der Waals surface area contributed by atoms with Gasteiger partial charge in [0.1, 0.15) is 5.75 Å². The Morgan fingerprint density at radius 3 is 2.31 bits per heavy atom. The van der Waals surface area contributed by atoms with Gasteiger partial charge < -0.3 is 10.8 Å². The Hall–Kier alpha value is -1.28. The Morgan fingerprint density at radius 2 is 1.85 bits per heavy atom. The molecular formula is C11H15NO. The van der Waals surface area contributed by atoms with E-state index in [0.29, 0.717) is 12.3 Å². The highest BCUT2D eigenvalue weighted by Crippen LogP contribution is 2.21. The second kappa shape index (κ2) is 4.10. The van der Waals surface area contributed by atoms with Crippen LogP contribution in [-0.2, 0) is 0 Å². The van der Waals surface area contributed by atoms with E-state index >= 15 is 0 Å². The van der Waals surface area contributed by atoms with Crippen molar-refractivity contribution in [1.82, 2.24) is 0 Å². The van der Waals surface area contributed by atoms with Crippen LogP contribution < -0.4 is 5.73 Å². The molecule has 70 valence electrons. The average molecular weight is 177 g/mol. The van der Waals surface area contributed by atoms with Crippen LogP contribution in [0.4, 0.5) is 0 Å². The highest BCUT2D eigenvalue weighted by atomic mass is 16.3. The number of hydrogen-bond acceptors (Lipinski definition) is 2. The minimum absolute atomic E-state index is 0.319. The van der Waals surface area contributed by atoms with Crippen molar-refractivity contribution in [1.29, 1.82) is 0 Å². The molecule has 0 aliphatic rings. The topological polar surface area (TPSA) is 46.2 Å². The van der Waals surface area contributed by atoms with Gasteiger partial charge in [-0.15, -0.1) is 0 Å². The minimum atomic E-state index is 0.319.